The smallest absolute Gasteiger partial charge is 0.331 e. The molecular weight excluding hydrogens is 294 g/mol. The Labute approximate surface area is 134 Å². The number of rotatable bonds is 5. The lowest BCUT2D eigenvalue weighted by atomic mass is 10.1. The molecule has 2 aromatic carbocycles. The predicted octanol–water partition coefficient (Wildman–Crippen LogP) is 3.97. The number of hydrogen-bond donors (Lipinski definition) is 0. The largest absolute Gasteiger partial charge is 0.458 e. The van der Waals surface area contributed by atoms with E-state index in [1.54, 1.807) is 18.2 Å². The molecule has 0 atom stereocenters. The van der Waals surface area contributed by atoms with Crippen LogP contribution in [-0.4, -0.2) is 10.9 Å². The van der Waals surface area contributed by atoms with Crippen molar-refractivity contribution in [2.75, 3.05) is 0 Å². The van der Waals surface area contributed by atoms with E-state index in [2.05, 4.69) is 0 Å². The molecule has 0 saturated carbocycles. The van der Waals surface area contributed by atoms with Crippen LogP contribution in [0, 0.1) is 24.0 Å². The SMILES string of the molecule is Cc1ccc(C)c(COC(=O)/C=C/c2ccccc2[N+](=O)[O-])c1. The van der Waals surface area contributed by atoms with E-state index in [0.29, 0.717) is 5.56 Å². The first-order chi connectivity index (χ1) is 11.0. The number of carbonyl (C=O) groups excluding carboxylic acids is 1. The summed E-state index contributed by atoms with van der Waals surface area (Å²) in [6.07, 6.45) is 2.59. The molecule has 0 radical (unpaired) electrons. The van der Waals surface area contributed by atoms with Crippen LogP contribution in [0.25, 0.3) is 6.08 Å². The molecule has 0 unspecified atom stereocenters. The Balaban J connectivity index is 2.02. The van der Waals surface area contributed by atoms with Crippen LogP contribution in [0.2, 0.25) is 0 Å². The summed E-state index contributed by atoms with van der Waals surface area (Å²) in [7, 11) is 0. The minimum absolute atomic E-state index is 0.0499. The molecule has 0 aliphatic rings. The third-order valence-electron chi connectivity index (χ3n) is 3.41. The molecule has 0 N–H and O–H groups in total. The number of nitrogens with zero attached hydrogens (tertiary/aromatic N) is 1. The first-order valence-corrected chi connectivity index (χ1v) is 7.12. The summed E-state index contributed by atoms with van der Waals surface area (Å²) in [4.78, 5) is 22.2. The summed E-state index contributed by atoms with van der Waals surface area (Å²) in [5.74, 6) is -0.538. The van der Waals surface area contributed by atoms with Crippen LogP contribution in [0.1, 0.15) is 22.3 Å². The van der Waals surface area contributed by atoms with E-state index in [1.165, 1.54) is 18.2 Å². The van der Waals surface area contributed by atoms with Crippen LogP contribution in [0.5, 0.6) is 0 Å². The maximum atomic E-state index is 11.8. The van der Waals surface area contributed by atoms with E-state index < -0.39 is 10.9 Å². The van der Waals surface area contributed by atoms with Gasteiger partial charge >= 0.3 is 5.97 Å². The molecule has 0 bridgehead atoms. The first-order valence-electron chi connectivity index (χ1n) is 7.12. The lowest BCUT2D eigenvalue weighted by Gasteiger charge is -2.07. The quantitative estimate of drug-likeness (QED) is 0.362. The van der Waals surface area contributed by atoms with Crippen molar-refractivity contribution >= 4 is 17.7 Å². The van der Waals surface area contributed by atoms with Gasteiger partial charge in [-0.05, 0) is 37.1 Å². The number of esters is 1. The van der Waals surface area contributed by atoms with Crippen molar-refractivity contribution in [1.82, 2.24) is 0 Å². The molecule has 118 valence electrons. The normalized spacial score (nSPS) is 10.7. The summed E-state index contributed by atoms with van der Waals surface area (Å²) >= 11 is 0. The summed E-state index contributed by atoms with van der Waals surface area (Å²) in [6, 6.07) is 12.2. The van der Waals surface area contributed by atoms with Crippen LogP contribution in [0.3, 0.4) is 0 Å². The number of aryl methyl sites for hydroxylation is 2. The van der Waals surface area contributed by atoms with Gasteiger partial charge in [0, 0.05) is 12.1 Å². The van der Waals surface area contributed by atoms with Crippen molar-refractivity contribution in [2.45, 2.75) is 20.5 Å². The van der Waals surface area contributed by atoms with Crippen molar-refractivity contribution in [1.29, 1.82) is 0 Å². The highest BCUT2D eigenvalue weighted by atomic mass is 16.6. The summed E-state index contributed by atoms with van der Waals surface area (Å²) < 4.78 is 5.19. The Bertz CT molecular complexity index is 765. The second kappa shape index (κ2) is 7.35. The molecular formula is C18H17NO4. The fraction of sp³-hybridized carbons (Fsp3) is 0.167. The molecule has 0 fully saturated rings. The van der Waals surface area contributed by atoms with Gasteiger partial charge in [-0.1, -0.05) is 35.9 Å². The van der Waals surface area contributed by atoms with E-state index in [4.69, 9.17) is 4.74 Å². The lowest BCUT2D eigenvalue weighted by Crippen LogP contribution is -2.02. The van der Waals surface area contributed by atoms with Crippen molar-refractivity contribution in [3.05, 3.63) is 80.9 Å². The standard InChI is InChI=1S/C18H17NO4/c1-13-7-8-14(2)16(11-13)12-23-18(20)10-9-15-5-3-4-6-17(15)19(21)22/h3-11H,12H2,1-2H3/b10-9+. The van der Waals surface area contributed by atoms with Crippen LogP contribution in [0.4, 0.5) is 5.69 Å². The predicted molar refractivity (Wildman–Crippen MR) is 87.8 cm³/mol. The average molecular weight is 311 g/mol. The van der Waals surface area contributed by atoms with E-state index in [1.807, 2.05) is 32.0 Å². The fourth-order valence-corrected chi connectivity index (χ4v) is 2.11. The highest BCUT2D eigenvalue weighted by Gasteiger charge is 2.10. The van der Waals surface area contributed by atoms with Gasteiger partial charge in [-0.2, -0.15) is 0 Å². The monoisotopic (exact) mass is 311 g/mol. The third kappa shape index (κ3) is 4.51. The van der Waals surface area contributed by atoms with E-state index in [9.17, 15) is 14.9 Å². The zero-order valence-corrected chi connectivity index (χ0v) is 13.0. The minimum Gasteiger partial charge on any atom is -0.458 e. The number of nitro benzene ring substituents is 1. The van der Waals surface area contributed by atoms with E-state index in [-0.39, 0.29) is 12.3 Å². The van der Waals surface area contributed by atoms with Gasteiger partial charge in [-0.25, -0.2) is 4.79 Å². The second-order valence-corrected chi connectivity index (χ2v) is 5.19. The maximum absolute atomic E-state index is 11.8. The molecule has 0 spiro atoms. The number of nitro groups is 1. The Hall–Kier alpha value is -2.95. The highest BCUT2D eigenvalue weighted by Crippen LogP contribution is 2.19. The third-order valence-corrected chi connectivity index (χ3v) is 3.41. The molecule has 2 aromatic rings. The van der Waals surface area contributed by atoms with Crippen LogP contribution in [-0.2, 0) is 16.1 Å². The molecule has 23 heavy (non-hydrogen) atoms. The number of para-hydroxylation sites is 1. The Morgan fingerprint density at radius 2 is 1.96 bits per heavy atom. The molecule has 5 nitrogen and oxygen atoms in total. The van der Waals surface area contributed by atoms with Crippen LogP contribution in [0.15, 0.2) is 48.5 Å². The molecule has 0 amide bonds. The van der Waals surface area contributed by atoms with Gasteiger partial charge < -0.3 is 4.74 Å². The molecule has 0 aliphatic carbocycles. The van der Waals surface area contributed by atoms with Gasteiger partial charge in [-0.15, -0.1) is 0 Å². The van der Waals surface area contributed by atoms with Gasteiger partial charge in [0.2, 0.25) is 0 Å². The van der Waals surface area contributed by atoms with Crippen molar-refractivity contribution in [3.63, 3.8) is 0 Å². The topological polar surface area (TPSA) is 69.4 Å². The van der Waals surface area contributed by atoms with Gasteiger partial charge in [0.15, 0.2) is 0 Å². The summed E-state index contributed by atoms with van der Waals surface area (Å²) in [5.41, 5.74) is 3.40. The van der Waals surface area contributed by atoms with Gasteiger partial charge in [0.05, 0.1) is 10.5 Å². The Kier molecular flexibility index (Phi) is 5.25. The van der Waals surface area contributed by atoms with E-state index in [0.717, 1.165) is 16.7 Å². The second-order valence-electron chi connectivity index (χ2n) is 5.19. The van der Waals surface area contributed by atoms with Crippen LogP contribution >= 0.6 is 0 Å². The Morgan fingerprint density at radius 1 is 1.22 bits per heavy atom. The van der Waals surface area contributed by atoms with Crippen molar-refractivity contribution < 1.29 is 14.5 Å². The van der Waals surface area contributed by atoms with Crippen molar-refractivity contribution in [3.8, 4) is 0 Å². The van der Waals surface area contributed by atoms with Gasteiger partial charge in [-0.3, -0.25) is 10.1 Å². The van der Waals surface area contributed by atoms with Crippen molar-refractivity contribution in [2.24, 2.45) is 0 Å². The number of benzene rings is 2. The summed E-state index contributed by atoms with van der Waals surface area (Å²) in [6.45, 7) is 4.10. The zero-order chi connectivity index (χ0) is 16.8. The molecule has 0 saturated heterocycles. The first kappa shape index (κ1) is 16.4. The molecule has 5 heteroatoms. The van der Waals surface area contributed by atoms with E-state index >= 15 is 0 Å². The molecule has 0 aromatic heterocycles. The number of carbonyl (C=O) groups is 1. The minimum atomic E-state index is -0.538. The fourth-order valence-electron chi connectivity index (χ4n) is 2.11. The molecule has 0 aliphatic heterocycles. The maximum Gasteiger partial charge on any atom is 0.331 e. The Morgan fingerprint density at radius 3 is 2.70 bits per heavy atom. The molecule has 2 rings (SSSR count). The molecule has 0 heterocycles. The lowest BCUT2D eigenvalue weighted by molar-refractivity contribution is -0.385. The summed E-state index contributed by atoms with van der Waals surface area (Å²) in [5, 5.41) is 10.9. The van der Waals surface area contributed by atoms with Gasteiger partial charge in [0.1, 0.15) is 6.61 Å². The number of ether oxygens (including phenoxy) is 1. The van der Waals surface area contributed by atoms with Crippen LogP contribution < -0.4 is 0 Å². The van der Waals surface area contributed by atoms with Gasteiger partial charge in [0.25, 0.3) is 5.69 Å². The highest BCUT2D eigenvalue weighted by molar-refractivity contribution is 5.87. The zero-order valence-electron chi connectivity index (χ0n) is 13.0. The average Bonchev–Trinajstić information content (AvgIpc) is 2.54. The number of hydrogen-bond acceptors (Lipinski definition) is 4.